The van der Waals surface area contributed by atoms with Crippen LogP contribution in [0.15, 0.2) is 18.2 Å². The maximum atomic E-state index is 13.2. The normalized spacial score (nSPS) is 23.3. The van der Waals surface area contributed by atoms with Crippen LogP contribution in [-0.4, -0.2) is 15.4 Å². The lowest BCUT2D eigenvalue weighted by Crippen LogP contribution is -2.26. The first-order chi connectivity index (χ1) is 8.69. The SMILES string of the molecule is CC1CC(n2c(CCCl)nc3cc(F)ccc32)C1. The second-order valence-corrected chi connectivity index (χ2v) is 5.58. The predicted octanol–water partition coefficient (Wildman–Crippen LogP) is 3.93. The third-order valence-electron chi connectivity index (χ3n) is 3.76. The molecule has 0 N–H and O–H groups in total. The van der Waals surface area contributed by atoms with E-state index in [0.29, 0.717) is 11.9 Å². The van der Waals surface area contributed by atoms with E-state index in [1.54, 1.807) is 0 Å². The molecule has 0 saturated heterocycles. The molecule has 0 radical (unpaired) electrons. The van der Waals surface area contributed by atoms with Gasteiger partial charge in [0.15, 0.2) is 0 Å². The number of hydrogen-bond acceptors (Lipinski definition) is 1. The first-order valence-electron chi connectivity index (χ1n) is 6.41. The summed E-state index contributed by atoms with van der Waals surface area (Å²) in [6, 6.07) is 5.35. The van der Waals surface area contributed by atoms with Crippen LogP contribution in [0, 0.1) is 11.7 Å². The van der Waals surface area contributed by atoms with Gasteiger partial charge in [-0.15, -0.1) is 11.6 Å². The summed E-state index contributed by atoms with van der Waals surface area (Å²) in [7, 11) is 0. The molecular weight excluding hydrogens is 251 g/mol. The fourth-order valence-corrected chi connectivity index (χ4v) is 3.03. The second-order valence-electron chi connectivity index (χ2n) is 5.20. The van der Waals surface area contributed by atoms with Gasteiger partial charge in [0.05, 0.1) is 11.0 Å². The summed E-state index contributed by atoms with van der Waals surface area (Å²) in [5.74, 6) is 2.08. The highest BCUT2D eigenvalue weighted by Gasteiger charge is 2.29. The Bertz CT molecular complexity index is 572. The minimum atomic E-state index is -0.230. The van der Waals surface area contributed by atoms with E-state index in [1.165, 1.54) is 25.0 Å². The molecule has 0 amide bonds. The Morgan fingerprint density at radius 3 is 2.89 bits per heavy atom. The van der Waals surface area contributed by atoms with Crippen LogP contribution in [0.3, 0.4) is 0 Å². The van der Waals surface area contributed by atoms with Crippen LogP contribution in [0.5, 0.6) is 0 Å². The van der Waals surface area contributed by atoms with Crippen molar-refractivity contribution in [2.24, 2.45) is 5.92 Å². The van der Waals surface area contributed by atoms with Crippen molar-refractivity contribution in [2.75, 3.05) is 5.88 Å². The molecule has 4 heteroatoms. The van der Waals surface area contributed by atoms with E-state index in [9.17, 15) is 4.39 Å². The monoisotopic (exact) mass is 266 g/mol. The maximum Gasteiger partial charge on any atom is 0.125 e. The molecule has 0 bridgehead atoms. The fourth-order valence-electron chi connectivity index (χ4n) is 2.86. The highest BCUT2D eigenvalue weighted by atomic mass is 35.5. The summed E-state index contributed by atoms with van der Waals surface area (Å²) in [6.07, 6.45) is 3.10. The summed E-state index contributed by atoms with van der Waals surface area (Å²) in [5.41, 5.74) is 1.78. The van der Waals surface area contributed by atoms with Crippen molar-refractivity contribution >= 4 is 22.6 Å². The van der Waals surface area contributed by atoms with Gasteiger partial charge in [0.25, 0.3) is 0 Å². The summed E-state index contributed by atoms with van der Waals surface area (Å²) in [5, 5.41) is 0. The van der Waals surface area contributed by atoms with E-state index in [1.807, 2.05) is 6.07 Å². The van der Waals surface area contributed by atoms with Crippen molar-refractivity contribution in [1.82, 2.24) is 9.55 Å². The number of hydrogen-bond donors (Lipinski definition) is 0. The zero-order valence-corrected chi connectivity index (χ0v) is 11.1. The third-order valence-corrected chi connectivity index (χ3v) is 3.95. The largest absolute Gasteiger partial charge is 0.325 e. The lowest BCUT2D eigenvalue weighted by molar-refractivity contribution is 0.217. The van der Waals surface area contributed by atoms with E-state index in [0.717, 1.165) is 29.2 Å². The van der Waals surface area contributed by atoms with Crippen LogP contribution >= 0.6 is 11.6 Å². The molecule has 0 aliphatic heterocycles. The van der Waals surface area contributed by atoms with Gasteiger partial charge in [0.2, 0.25) is 0 Å². The molecule has 1 aromatic carbocycles. The van der Waals surface area contributed by atoms with Crippen LogP contribution in [-0.2, 0) is 6.42 Å². The Morgan fingerprint density at radius 2 is 2.22 bits per heavy atom. The number of fused-ring (bicyclic) bond motifs is 1. The van der Waals surface area contributed by atoms with Gasteiger partial charge in [-0.3, -0.25) is 0 Å². The Kier molecular flexibility index (Phi) is 3.02. The molecule has 96 valence electrons. The number of aromatic nitrogens is 2. The first-order valence-corrected chi connectivity index (χ1v) is 6.95. The highest BCUT2D eigenvalue weighted by Crippen LogP contribution is 2.40. The molecule has 1 aliphatic carbocycles. The quantitative estimate of drug-likeness (QED) is 0.770. The van der Waals surface area contributed by atoms with Crippen molar-refractivity contribution in [3.8, 4) is 0 Å². The average molecular weight is 267 g/mol. The minimum absolute atomic E-state index is 0.230. The van der Waals surface area contributed by atoms with Crippen molar-refractivity contribution in [2.45, 2.75) is 32.2 Å². The first kappa shape index (κ1) is 12.0. The Labute approximate surface area is 111 Å². The Balaban J connectivity index is 2.10. The van der Waals surface area contributed by atoms with E-state index in [-0.39, 0.29) is 5.82 Å². The van der Waals surface area contributed by atoms with E-state index < -0.39 is 0 Å². The lowest BCUT2D eigenvalue weighted by atomic mass is 9.81. The second kappa shape index (κ2) is 4.54. The van der Waals surface area contributed by atoms with Crippen molar-refractivity contribution in [3.05, 3.63) is 29.8 Å². The Morgan fingerprint density at radius 1 is 1.44 bits per heavy atom. The third kappa shape index (κ3) is 1.91. The van der Waals surface area contributed by atoms with E-state index >= 15 is 0 Å². The van der Waals surface area contributed by atoms with Gasteiger partial charge in [-0.1, -0.05) is 6.92 Å². The fraction of sp³-hybridized carbons (Fsp3) is 0.500. The standard InChI is InChI=1S/C14H16ClFN2/c1-9-6-11(7-9)18-13-3-2-10(16)8-12(13)17-14(18)4-5-15/h2-3,8-9,11H,4-7H2,1H3. The molecular formula is C14H16ClFN2. The topological polar surface area (TPSA) is 17.8 Å². The summed E-state index contributed by atoms with van der Waals surface area (Å²) in [6.45, 7) is 2.26. The lowest BCUT2D eigenvalue weighted by Gasteiger charge is -2.35. The van der Waals surface area contributed by atoms with Gasteiger partial charge in [-0.05, 0) is 30.9 Å². The van der Waals surface area contributed by atoms with Crippen molar-refractivity contribution in [3.63, 3.8) is 0 Å². The van der Waals surface area contributed by atoms with Crippen LogP contribution in [0.1, 0.15) is 31.6 Å². The molecule has 3 rings (SSSR count). The van der Waals surface area contributed by atoms with Gasteiger partial charge in [-0.2, -0.15) is 0 Å². The summed E-state index contributed by atoms with van der Waals surface area (Å²) in [4.78, 5) is 4.53. The van der Waals surface area contributed by atoms with E-state index in [2.05, 4.69) is 16.5 Å². The Hall–Kier alpha value is -1.09. The van der Waals surface area contributed by atoms with Gasteiger partial charge < -0.3 is 4.57 Å². The van der Waals surface area contributed by atoms with Crippen molar-refractivity contribution < 1.29 is 4.39 Å². The number of nitrogens with zero attached hydrogens (tertiary/aromatic N) is 2. The number of imidazole rings is 1. The van der Waals surface area contributed by atoms with Crippen LogP contribution < -0.4 is 0 Å². The number of benzene rings is 1. The van der Waals surface area contributed by atoms with Gasteiger partial charge in [-0.25, -0.2) is 9.37 Å². The van der Waals surface area contributed by atoms with Gasteiger partial charge in [0, 0.05) is 24.4 Å². The molecule has 0 atom stereocenters. The smallest absolute Gasteiger partial charge is 0.125 e. The van der Waals surface area contributed by atoms with E-state index in [4.69, 9.17) is 11.6 Å². The highest BCUT2D eigenvalue weighted by molar-refractivity contribution is 6.17. The number of aryl methyl sites for hydroxylation is 1. The summed E-state index contributed by atoms with van der Waals surface area (Å²) >= 11 is 5.83. The van der Waals surface area contributed by atoms with Crippen LogP contribution in [0.25, 0.3) is 11.0 Å². The molecule has 0 unspecified atom stereocenters. The molecule has 1 aliphatic rings. The van der Waals surface area contributed by atoms with Crippen LogP contribution in [0.4, 0.5) is 4.39 Å². The molecule has 1 fully saturated rings. The number of halogens is 2. The maximum absolute atomic E-state index is 13.2. The zero-order chi connectivity index (χ0) is 12.7. The van der Waals surface area contributed by atoms with Gasteiger partial charge in [0.1, 0.15) is 11.6 Å². The molecule has 2 nitrogen and oxygen atoms in total. The van der Waals surface area contributed by atoms with Gasteiger partial charge >= 0.3 is 0 Å². The summed E-state index contributed by atoms with van der Waals surface area (Å²) < 4.78 is 15.5. The molecule has 0 spiro atoms. The predicted molar refractivity (Wildman–Crippen MR) is 71.6 cm³/mol. The number of rotatable bonds is 3. The molecule has 18 heavy (non-hydrogen) atoms. The average Bonchev–Trinajstić information content (AvgIpc) is 2.62. The minimum Gasteiger partial charge on any atom is -0.325 e. The molecule has 1 heterocycles. The van der Waals surface area contributed by atoms with Crippen molar-refractivity contribution in [1.29, 1.82) is 0 Å². The number of alkyl halides is 1. The zero-order valence-electron chi connectivity index (χ0n) is 10.4. The van der Waals surface area contributed by atoms with Crippen LogP contribution in [0.2, 0.25) is 0 Å². The molecule has 1 saturated carbocycles. The molecule has 1 aromatic heterocycles. The molecule has 2 aromatic rings.